The first-order valence-electron chi connectivity index (χ1n) is 7.96. The largest absolute Gasteiger partial charge is 0.449 e. The second-order valence-electron chi connectivity index (χ2n) is 5.92. The van der Waals surface area contributed by atoms with Gasteiger partial charge >= 0.3 is 5.97 Å². The molecular formula is C17H18N4O6S. The third-order valence-corrected chi connectivity index (χ3v) is 4.54. The van der Waals surface area contributed by atoms with E-state index < -0.39 is 28.8 Å². The lowest BCUT2D eigenvalue weighted by molar-refractivity contribution is -0.384. The highest BCUT2D eigenvalue weighted by atomic mass is 32.1. The molecule has 0 aliphatic heterocycles. The molecule has 2 rings (SSSR count). The molecule has 1 unspecified atom stereocenters. The van der Waals surface area contributed by atoms with Crippen molar-refractivity contribution in [2.45, 2.75) is 13.0 Å². The van der Waals surface area contributed by atoms with Crippen LogP contribution in [0.2, 0.25) is 0 Å². The van der Waals surface area contributed by atoms with E-state index in [9.17, 15) is 24.5 Å². The van der Waals surface area contributed by atoms with Crippen molar-refractivity contribution >= 4 is 45.5 Å². The Kier molecular flexibility index (Phi) is 6.31. The average Bonchev–Trinajstić information content (AvgIpc) is 3.09. The van der Waals surface area contributed by atoms with E-state index in [-0.39, 0.29) is 21.8 Å². The van der Waals surface area contributed by atoms with Crippen molar-refractivity contribution in [3.8, 4) is 0 Å². The number of carbonyl (C=O) groups excluding carboxylic acids is 3. The number of rotatable bonds is 7. The second-order valence-corrected chi connectivity index (χ2v) is 6.84. The van der Waals surface area contributed by atoms with Gasteiger partial charge in [0.2, 0.25) is 0 Å². The summed E-state index contributed by atoms with van der Waals surface area (Å²) in [6.45, 7) is 1.34. The van der Waals surface area contributed by atoms with Crippen LogP contribution in [-0.2, 0) is 9.53 Å². The number of esters is 1. The summed E-state index contributed by atoms with van der Waals surface area (Å²) in [7, 11) is 3.27. The lowest BCUT2D eigenvalue weighted by Gasteiger charge is -2.15. The predicted octanol–water partition coefficient (Wildman–Crippen LogP) is 2.01. The van der Waals surface area contributed by atoms with Crippen molar-refractivity contribution in [1.82, 2.24) is 0 Å². The molecule has 148 valence electrons. The molecule has 0 aliphatic carbocycles. The van der Waals surface area contributed by atoms with Crippen molar-refractivity contribution in [2.75, 3.05) is 24.3 Å². The fourth-order valence-electron chi connectivity index (χ4n) is 2.27. The summed E-state index contributed by atoms with van der Waals surface area (Å²) in [5.74, 6) is -2.26. The first kappa shape index (κ1) is 20.8. The molecule has 0 aliphatic rings. The smallest absolute Gasteiger partial charge is 0.339 e. The van der Waals surface area contributed by atoms with Gasteiger partial charge < -0.3 is 20.7 Å². The minimum Gasteiger partial charge on any atom is -0.449 e. The standard InChI is InChI=1S/C17H18N4O6S/c1-9(15(23)19-16-11(14(18)22)6-7-28-16)27-17(24)10-4-5-12(20(2)3)13(8-10)21(25)26/h4-9H,1-3H3,(H2,18,22)(H,19,23). The fraction of sp³-hybridized carbons (Fsp3) is 0.235. The summed E-state index contributed by atoms with van der Waals surface area (Å²) in [6.07, 6.45) is -1.21. The number of hydrogen-bond acceptors (Lipinski definition) is 8. The lowest BCUT2D eigenvalue weighted by atomic mass is 10.1. The van der Waals surface area contributed by atoms with Crippen molar-refractivity contribution in [3.05, 3.63) is 50.9 Å². The van der Waals surface area contributed by atoms with Crippen LogP contribution in [-0.4, -0.2) is 42.9 Å². The number of ether oxygens (including phenoxy) is 1. The first-order valence-corrected chi connectivity index (χ1v) is 8.84. The topological polar surface area (TPSA) is 145 Å². The van der Waals surface area contributed by atoms with E-state index in [0.29, 0.717) is 5.69 Å². The predicted molar refractivity (Wildman–Crippen MR) is 104 cm³/mol. The molecular weight excluding hydrogens is 388 g/mol. The van der Waals surface area contributed by atoms with Crippen LogP contribution in [0.15, 0.2) is 29.6 Å². The molecule has 1 aromatic heterocycles. The molecule has 0 bridgehead atoms. The number of carbonyl (C=O) groups is 3. The minimum atomic E-state index is -1.21. The van der Waals surface area contributed by atoms with Crippen LogP contribution in [0.25, 0.3) is 0 Å². The van der Waals surface area contributed by atoms with Crippen molar-refractivity contribution < 1.29 is 24.0 Å². The van der Waals surface area contributed by atoms with E-state index in [1.54, 1.807) is 24.4 Å². The summed E-state index contributed by atoms with van der Waals surface area (Å²) in [5, 5.41) is 15.5. The Morgan fingerprint density at radius 1 is 1.29 bits per heavy atom. The Labute approximate surface area is 164 Å². The number of nitro benzene ring substituents is 1. The maximum atomic E-state index is 12.3. The van der Waals surface area contributed by atoms with Crippen LogP contribution in [0.5, 0.6) is 0 Å². The Balaban J connectivity index is 2.12. The van der Waals surface area contributed by atoms with Gasteiger partial charge in [-0.1, -0.05) is 0 Å². The van der Waals surface area contributed by atoms with Gasteiger partial charge in [0.05, 0.1) is 16.1 Å². The van der Waals surface area contributed by atoms with Gasteiger partial charge in [0, 0.05) is 20.2 Å². The van der Waals surface area contributed by atoms with E-state index in [1.807, 2.05) is 0 Å². The maximum absolute atomic E-state index is 12.3. The Morgan fingerprint density at radius 2 is 1.96 bits per heavy atom. The number of nitro groups is 1. The number of primary amides is 1. The van der Waals surface area contributed by atoms with Gasteiger partial charge in [0.1, 0.15) is 10.7 Å². The zero-order valence-electron chi connectivity index (χ0n) is 15.3. The van der Waals surface area contributed by atoms with E-state index in [4.69, 9.17) is 10.5 Å². The maximum Gasteiger partial charge on any atom is 0.339 e. The Bertz CT molecular complexity index is 939. The highest BCUT2D eigenvalue weighted by Gasteiger charge is 2.24. The van der Waals surface area contributed by atoms with Crippen molar-refractivity contribution in [3.63, 3.8) is 0 Å². The van der Waals surface area contributed by atoms with E-state index in [0.717, 1.165) is 17.4 Å². The number of benzene rings is 1. The number of thiophene rings is 1. The molecule has 2 amide bonds. The second kappa shape index (κ2) is 8.48. The molecule has 0 saturated carbocycles. The lowest BCUT2D eigenvalue weighted by Crippen LogP contribution is -2.30. The number of nitrogens with one attached hydrogen (secondary N) is 1. The fourth-order valence-corrected chi connectivity index (χ4v) is 3.07. The number of hydrogen-bond donors (Lipinski definition) is 2. The number of amides is 2. The first-order chi connectivity index (χ1) is 13.1. The van der Waals surface area contributed by atoms with Gasteiger partial charge in [-0.25, -0.2) is 4.79 Å². The van der Waals surface area contributed by atoms with Crippen LogP contribution in [0.1, 0.15) is 27.6 Å². The summed E-state index contributed by atoms with van der Waals surface area (Å²) in [5.41, 5.74) is 5.35. The normalized spacial score (nSPS) is 11.4. The van der Waals surface area contributed by atoms with Gasteiger partial charge in [0.25, 0.3) is 17.5 Å². The molecule has 1 aromatic carbocycles. The molecule has 0 saturated heterocycles. The van der Waals surface area contributed by atoms with Gasteiger partial charge in [-0.05, 0) is 30.5 Å². The SMILES string of the molecule is CC(OC(=O)c1ccc(N(C)C)c([N+](=O)[O-])c1)C(=O)Nc1sccc1C(N)=O. The van der Waals surface area contributed by atoms with Crippen LogP contribution in [0.4, 0.5) is 16.4 Å². The highest BCUT2D eigenvalue weighted by molar-refractivity contribution is 7.14. The zero-order valence-corrected chi connectivity index (χ0v) is 16.1. The van der Waals surface area contributed by atoms with Gasteiger partial charge in [-0.3, -0.25) is 19.7 Å². The van der Waals surface area contributed by atoms with Gasteiger partial charge in [-0.15, -0.1) is 11.3 Å². The van der Waals surface area contributed by atoms with E-state index in [2.05, 4.69) is 5.32 Å². The van der Waals surface area contributed by atoms with Crippen molar-refractivity contribution in [2.24, 2.45) is 5.73 Å². The molecule has 0 radical (unpaired) electrons. The van der Waals surface area contributed by atoms with Crippen LogP contribution >= 0.6 is 11.3 Å². The summed E-state index contributed by atoms with van der Waals surface area (Å²) < 4.78 is 5.08. The third kappa shape index (κ3) is 4.62. The van der Waals surface area contributed by atoms with Gasteiger partial charge in [0.15, 0.2) is 6.10 Å². The molecule has 1 atom stereocenters. The van der Waals surface area contributed by atoms with Gasteiger partial charge in [-0.2, -0.15) is 0 Å². The highest BCUT2D eigenvalue weighted by Crippen LogP contribution is 2.28. The Hall–Kier alpha value is -3.47. The zero-order chi connectivity index (χ0) is 21.0. The van der Waals surface area contributed by atoms with Crippen molar-refractivity contribution in [1.29, 1.82) is 0 Å². The quantitative estimate of drug-likeness (QED) is 0.406. The number of nitrogens with two attached hydrogens (primary N) is 1. The molecule has 11 heteroatoms. The summed E-state index contributed by atoms with van der Waals surface area (Å²) >= 11 is 1.10. The molecule has 28 heavy (non-hydrogen) atoms. The van der Waals surface area contributed by atoms with E-state index >= 15 is 0 Å². The monoisotopic (exact) mass is 406 g/mol. The number of anilines is 2. The molecule has 0 fully saturated rings. The molecule has 1 heterocycles. The van der Waals surface area contributed by atoms with Crippen LogP contribution in [0.3, 0.4) is 0 Å². The molecule has 3 N–H and O–H groups in total. The molecule has 0 spiro atoms. The average molecular weight is 406 g/mol. The Morgan fingerprint density at radius 3 is 2.54 bits per heavy atom. The molecule has 10 nitrogen and oxygen atoms in total. The van der Waals surface area contributed by atoms with Crippen LogP contribution in [0, 0.1) is 10.1 Å². The summed E-state index contributed by atoms with van der Waals surface area (Å²) in [4.78, 5) is 48.0. The molecule has 2 aromatic rings. The number of nitrogens with zero attached hydrogens (tertiary/aromatic N) is 2. The third-order valence-electron chi connectivity index (χ3n) is 3.71. The minimum absolute atomic E-state index is 0.0640. The summed E-state index contributed by atoms with van der Waals surface area (Å²) in [6, 6.07) is 5.35. The van der Waals surface area contributed by atoms with E-state index in [1.165, 1.54) is 25.1 Å². The van der Waals surface area contributed by atoms with Crippen LogP contribution < -0.4 is 16.0 Å².